The summed E-state index contributed by atoms with van der Waals surface area (Å²) in [5.74, 6) is -3.48. The number of fused-ring (bicyclic) bond motifs is 1. The summed E-state index contributed by atoms with van der Waals surface area (Å²) < 4.78 is 21.0. The molecule has 2 aliphatic rings. The molecule has 2 fully saturated rings. The molecule has 0 aromatic carbocycles. The van der Waals surface area contributed by atoms with Crippen molar-refractivity contribution >= 4 is 5.97 Å². The zero-order valence-electron chi connectivity index (χ0n) is 10.0. The maximum absolute atomic E-state index is 11.8. The van der Waals surface area contributed by atoms with Crippen molar-refractivity contribution in [3.8, 4) is 0 Å². The van der Waals surface area contributed by atoms with Crippen LogP contribution in [0.5, 0.6) is 0 Å². The van der Waals surface area contributed by atoms with Crippen LogP contribution in [0, 0.1) is 0 Å². The van der Waals surface area contributed by atoms with Gasteiger partial charge in [0.1, 0.15) is 12.2 Å². The van der Waals surface area contributed by atoms with Gasteiger partial charge in [0, 0.05) is 6.54 Å². The number of carbonyl (C=O) groups excluding carboxylic acids is 1. The molecule has 0 saturated carbocycles. The minimum absolute atomic E-state index is 0.0591. The molecule has 7 heteroatoms. The number of carbonyl (C=O) groups is 1. The van der Waals surface area contributed by atoms with Gasteiger partial charge in [-0.3, -0.25) is 0 Å². The number of hydrogen-bond acceptors (Lipinski definition) is 7. The lowest BCUT2D eigenvalue weighted by Crippen LogP contribution is -2.48. The standard InChI is InChI=1S/C10H17NO6/c1-9(2)16-7-6(12)5(4-11)15-10(7,17-9)8(13)14-3/h5-7,12H,4,11H2,1-3H3/t5?,6?,7-,10+/m0/s1. The second-order valence-corrected chi connectivity index (χ2v) is 4.58. The van der Waals surface area contributed by atoms with E-state index in [4.69, 9.17) is 19.9 Å². The highest BCUT2D eigenvalue weighted by atomic mass is 16.9. The van der Waals surface area contributed by atoms with Gasteiger partial charge in [0.15, 0.2) is 11.9 Å². The highest BCUT2D eigenvalue weighted by Crippen LogP contribution is 2.45. The third kappa shape index (κ3) is 1.74. The summed E-state index contributed by atoms with van der Waals surface area (Å²) >= 11 is 0. The quantitative estimate of drug-likeness (QED) is 0.586. The number of methoxy groups -OCH3 is 1. The number of hydrogen-bond donors (Lipinski definition) is 2. The molecule has 4 atom stereocenters. The SMILES string of the molecule is COC(=O)[C@@]12OC(CN)C(O)[C@@H]1OC(C)(C)O2. The lowest BCUT2D eigenvalue weighted by Gasteiger charge is -2.25. The first kappa shape index (κ1) is 12.7. The third-order valence-electron chi connectivity index (χ3n) is 2.90. The fourth-order valence-electron chi connectivity index (χ4n) is 2.24. The lowest BCUT2D eigenvalue weighted by molar-refractivity contribution is -0.263. The maximum atomic E-state index is 11.8. The van der Waals surface area contributed by atoms with Crippen molar-refractivity contribution in [2.75, 3.05) is 13.7 Å². The maximum Gasteiger partial charge on any atom is 0.369 e. The summed E-state index contributed by atoms with van der Waals surface area (Å²) in [6.45, 7) is 3.32. The molecule has 2 aliphatic heterocycles. The predicted octanol–water partition coefficient (Wildman–Crippen LogP) is -1.27. The van der Waals surface area contributed by atoms with E-state index in [1.165, 1.54) is 7.11 Å². The molecule has 0 aliphatic carbocycles. The predicted molar refractivity (Wildman–Crippen MR) is 54.7 cm³/mol. The minimum atomic E-state index is -1.72. The smallest absolute Gasteiger partial charge is 0.369 e. The van der Waals surface area contributed by atoms with Crippen LogP contribution in [0.15, 0.2) is 0 Å². The van der Waals surface area contributed by atoms with Crippen molar-refractivity contribution in [3.63, 3.8) is 0 Å². The van der Waals surface area contributed by atoms with Crippen LogP contribution in [0.25, 0.3) is 0 Å². The van der Waals surface area contributed by atoms with Crippen LogP contribution in [0.4, 0.5) is 0 Å². The van der Waals surface area contributed by atoms with Crippen molar-refractivity contribution in [2.24, 2.45) is 5.73 Å². The second-order valence-electron chi connectivity index (χ2n) is 4.58. The lowest BCUT2D eigenvalue weighted by atomic mass is 10.1. The minimum Gasteiger partial charge on any atom is -0.465 e. The van der Waals surface area contributed by atoms with Gasteiger partial charge in [-0.2, -0.15) is 0 Å². The first-order valence-electron chi connectivity index (χ1n) is 5.38. The molecule has 17 heavy (non-hydrogen) atoms. The van der Waals surface area contributed by atoms with Crippen LogP contribution < -0.4 is 5.73 Å². The Morgan fingerprint density at radius 2 is 2.12 bits per heavy atom. The summed E-state index contributed by atoms with van der Waals surface area (Å²) in [5, 5.41) is 9.98. The Morgan fingerprint density at radius 1 is 1.47 bits per heavy atom. The monoisotopic (exact) mass is 247 g/mol. The molecule has 2 rings (SSSR count). The Morgan fingerprint density at radius 3 is 2.65 bits per heavy atom. The van der Waals surface area contributed by atoms with Crippen molar-refractivity contribution in [1.29, 1.82) is 0 Å². The third-order valence-corrected chi connectivity index (χ3v) is 2.90. The fourth-order valence-corrected chi connectivity index (χ4v) is 2.24. The van der Waals surface area contributed by atoms with E-state index in [1.54, 1.807) is 13.8 Å². The van der Waals surface area contributed by atoms with Gasteiger partial charge in [0.25, 0.3) is 0 Å². The van der Waals surface area contributed by atoms with Crippen LogP contribution in [-0.4, -0.2) is 54.6 Å². The Labute approximate surface area is 98.8 Å². The normalized spacial score (nSPS) is 43.5. The average Bonchev–Trinajstić information content (AvgIpc) is 2.68. The number of aliphatic hydroxyl groups excluding tert-OH is 1. The van der Waals surface area contributed by atoms with E-state index >= 15 is 0 Å². The van der Waals surface area contributed by atoms with Crippen molar-refractivity contribution in [1.82, 2.24) is 0 Å². The Hall–Kier alpha value is -0.730. The number of rotatable bonds is 2. The van der Waals surface area contributed by atoms with Crippen LogP contribution in [-0.2, 0) is 23.7 Å². The molecule has 0 spiro atoms. The Bertz CT molecular complexity index is 333. The molecule has 2 heterocycles. The molecular formula is C10H17NO6. The first-order chi connectivity index (χ1) is 7.86. The van der Waals surface area contributed by atoms with Gasteiger partial charge in [-0.25, -0.2) is 4.79 Å². The summed E-state index contributed by atoms with van der Waals surface area (Å²) in [7, 11) is 1.22. The van der Waals surface area contributed by atoms with Gasteiger partial charge in [0.05, 0.1) is 7.11 Å². The Kier molecular flexibility index (Phi) is 2.91. The zero-order chi connectivity index (χ0) is 12.8. The van der Waals surface area contributed by atoms with E-state index in [0.717, 1.165) is 0 Å². The van der Waals surface area contributed by atoms with Gasteiger partial charge in [-0.05, 0) is 13.8 Å². The topological polar surface area (TPSA) is 100 Å². The van der Waals surface area contributed by atoms with Crippen LogP contribution in [0.3, 0.4) is 0 Å². The fraction of sp³-hybridized carbons (Fsp3) is 0.900. The molecule has 98 valence electrons. The average molecular weight is 247 g/mol. The molecular weight excluding hydrogens is 230 g/mol. The molecule has 0 aromatic rings. The molecule has 2 unspecified atom stereocenters. The van der Waals surface area contributed by atoms with Gasteiger partial charge in [-0.1, -0.05) is 0 Å². The molecule has 0 amide bonds. The van der Waals surface area contributed by atoms with Crippen molar-refractivity contribution in [2.45, 2.75) is 43.7 Å². The van der Waals surface area contributed by atoms with E-state index in [2.05, 4.69) is 4.74 Å². The van der Waals surface area contributed by atoms with Gasteiger partial charge < -0.3 is 29.8 Å². The van der Waals surface area contributed by atoms with Crippen LogP contribution in [0.1, 0.15) is 13.8 Å². The van der Waals surface area contributed by atoms with Gasteiger partial charge in [0.2, 0.25) is 0 Å². The van der Waals surface area contributed by atoms with Crippen molar-refractivity contribution < 1.29 is 28.8 Å². The number of ether oxygens (including phenoxy) is 4. The molecule has 0 aromatic heterocycles. The molecule has 0 bridgehead atoms. The largest absolute Gasteiger partial charge is 0.465 e. The number of aliphatic hydroxyl groups is 1. The Balaban J connectivity index is 2.34. The highest BCUT2D eigenvalue weighted by molar-refractivity contribution is 5.79. The number of esters is 1. The summed E-state index contributed by atoms with van der Waals surface area (Å²) in [6, 6.07) is 0. The van der Waals surface area contributed by atoms with Gasteiger partial charge >= 0.3 is 11.8 Å². The van der Waals surface area contributed by atoms with E-state index in [1.807, 2.05) is 0 Å². The molecule has 2 saturated heterocycles. The second kappa shape index (κ2) is 3.89. The number of nitrogens with two attached hydrogens (primary N) is 1. The molecule has 7 nitrogen and oxygen atoms in total. The van der Waals surface area contributed by atoms with Crippen LogP contribution in [0.2, 0.25) is 0 Å². The zero-order valence-corrected chi connectivity index (χ0v) is 10.0. The van der Waals surface area contributed by atoms with Crippen LogP contribution >= 0.6 is 0 Å². The highest BCUT2D eigenvalue weighted by Gasteiger charge is 2.69. The summed E-state index contributed by atoms with van der Waals surface area (Å²) in [5.41, 5.74) is 5.45. The molecule has 3 N–H and O–H groups in total. The van der Waals surface area contributed by atoms with E-state index in [0.29, 0.717) is 0 Å². The molecule has 0 radical (unpaired) electrons. The van der Waals surface area contributed by atoms with E-state index < -0.39 is 35.9 Å². The van der Waals surface area contributed by atoms with Crippen molar-refractivity contribution in [3.05, 3.63) is 0 Å². The summed E-state index contributed by atoms with van der Waals surface area (Å²) in [4.78, 5) is 11.8. The summed E-state index contributed by atoms with van der Waals surface area (Å²) in [6.07, 6.45) is -2.67. The first-order valence-corrected chi connectivity index (χ1v) is 5.38. The van der Waals surface area contributed by atoms with E-state index in [9.17, 15) is 9.90 Å². The van der Waals surface area contributed by atoms with E-state index in [-0.39, 0.29) is 6.54 Å². The van der Waals surface area contributed by atoms with Gasteiger partial charge in [-0.15, -0.1) is 0 Å².